The SMILES string of the molecule is CC(C)n1nc(C(F)(F)F)c2c1CCCC2CN. The Morgan fingerprint density at radius 2 is 2.11 bits per heavy atom. The number of rotatable bonds is 2. The molecule has 1 aromatic heterocycles. The van der Waals surface area contributed by atoms with Crippen LogP contribution in [0.25, 0.3) is 0 Å². The topological polar surface area (TPSA) is 43.8 Å². The predicted molar refractivity (Wildman–Crippen MR) is 62.3 cm³/mol. The fourth-order valence-electron chi connectivity index (χ4n) is 2.69. The van der Waals surface area contributed by atoms with Gasteiger partial charge in [-0.05, 0) is 39.7 Å². The number of fused-ring (bicyclic) bond motifs is 1. The summed E-state index contributed by atoms with van der Waals surface area (Å²) in [6.45, 7) is 3.94. The van der Waals surface area contributed by atoms with E-state index in [0.29, 0.717) is 12.0 Å². The van der Waals surface area contributed by atoms with E-state index < -0.39 is 11.9 Å². The first kappa shape index (κ1) is 13.4. The summed E-state index contributed by atoms with van der Waals surface area (Å²) in [6.07, 6.45) is -2.14. The Labute approximate surface area is 104 Å². The lowest BCUT2D eigenvalue weighted by Gasteiger charge is -2.23. The largest absolute Gasteiger partial charge is 0.435 e. The zero-order valence-electron chi connectivity index (χ0n) is 10.6. The van der Waals surface area contributed by atoms with E-state index >= 15 is 0 Å². The molecule has 1 unspecified atom stereocenters. The first-order valence-corrected chi connectivity index (χ1v) is 6.24. The third-order valence-corrected chi connectivity index (χ3v) is 3.47. The molecule has 0 saturated heterocycles. The Hall–Kier alpha value is -1.04. The first-order valence-electron chi connectivity index (χ1n) is 6.24. The zero-order valence-corrected chi connectivity index (χ0v) is 10.6. The standard InChI is InChI=1S/C12H18F3N3/c1-7(2)18-9-5-3-4-8(6-16)10(9)11(17-18)12(13,14)15/h7-8H,3-6,16H2,1-2H3. The van der Waals surface area contributed by atoms with E-state index in [9.17, 15) is 13.2 Å². The number of hydrogen-bond donors (Lipinski definition) is 1. The van der Waals surface area contributed by atoms with Crippen LogP contribution in [0.1, 0.15) is 55.6 Å². The molecule has 2 rings (SSSR count). The summed E-state index contributed by atoms with van der Waals surface area (Å²) < 4.78 is 40.7. The van der Waals surface area contributed by atoms with Crippen LogP contribution in [-0.2, 0) is 12.6 Å². The van der Waals surface area contributed by atoms with Gasteiger partial charge >= 0.3 is 6.18 Å². The first-order chi connectivity index (χ1) is 8.36. The van der Waals surface area contributed by atoms with Crippen molar-refractivity contribution in [2.24, 2.45) is 5.73 Å². The molecule has 0 aromatic carbocycles. The molecule has 3 nitrogen and oxygen atoms in total. The van der Waals surface area contributed by atoms with Gasteiger partial charge in [0.05, 0.1) is 0 Å². The van der Waals surface area contributed by atoms with Crippen molar-refractivity contribution < 1.29 is 13.2 Å². The highest BCUT2D eigenvalue weighted by Gasteiger charge is 2.42. The van der Waals surface area contributed by atoms with E-state index in [1.54, 1.807) is 0 Å². The van der Waals surface area contributed by atoms with Crippen LogP contribution in [0.2, 0.25) is 0 Å². The lowest BCUT2D eigenvalue weighted by molar-refractivity contribution is -0.142. The molecule has 102 valence electrons. The Bertz CT molecular complexity index is 435. The summed E-state index contributed by atoms with van der Waals surface area (Å²) in [5, 5.41) is 3.80. The third kappa shape index (κ3) is 2.13. The second-order valence-corrected chi connectivity index (χ2v) is 5.07. The molecular weight excluding hydrogens is 243 g/mol. The maximum Gasteiger partial charge on any atom is 0.435 e. The van der Waals surface area contributed by atoms with Gasteiger partial charge in [-0.25, -0.2) is 0 Å². The zero-order chi connectivity index (χ0) is 13.5. The van der Waals surface area contributed by atoms with Crippen molar-refractivity contribution in [3.8, 4) is 0 Å². The lowest BCUT2D eigenvalue weighted by atomic mass is 9.85. The molecule has 0 saturated carbocycles. The van der Waals surface area contributed by atoms with Gasteiger partial charge in [0.2, 0.25) is 0 Å². The Morgan fingerprint density at radius 3 is 2.61 bits per heavy atom. The van der Waals surface area contributed by atoms with Gasteiger partial charge < -0.3 is 5.73 Å². The predicted octanol–water partition coefficient (Wildman–Crippen LogP) is 2.86. The van der Waals surface area contributed by atoms with Gasteiger partial charge in [0.15, 0.2) is 5.69 Å². The summed E-state index contributed by atoms with van der Waals surface area (Å²) in [5.74, 6) is -0.210. The van der Waals surface area contributed by atoms with Crippen LogP contribution in [0.5, 0.6) is 0 Å². The van der Waals surface area contributed by atoms with Crippen LogP contribution >= 0.6 is 0 Å². The van der Waals surface area contributed by atoms with Crippen LogP contribution in [0.15, 0.2) is 0 Å². The van der Waals surface area contributed by atoms with Crippen LogP contribution in [0.3, 0.4) is 0 Å². The number of alkyl halides is 3. The second-order valence-electron chi connectivity index (χ2n) is 5.07. The maximum atomic E-state index is 13.0. The number of nitrogens with zero attached hydrogens (tertiary/aromatic N) is 2. The summed E-state index contributed by atoms with van der Waals surface area (Å²) in [4.78, 5) is 0. The molecule has 18 heavy (non-hydrogen) atoms. The minimum Gasteiger partial charge on any atom is -0.330 e. The number of hydrogen-bond acceptors (Lipinski definition) is 2. The third-order valence-electron chi connectivity index (χ3n) is 3.47. The van der Waals surface area contributed by atoms with Crippen LogP contribution in [0, 0.1) is 0 Å². The van der Waals surface area contributed by atoms with Crippen molar-refractivity contribution in [2.75, 3.05) is 6.54 Å². The highest BCUT2D eigenvalue weighted by molar-refractivity contribution is 5.35. The number of halogens is 3. The molecule has 0 radical (unpaired) electrons. The van der Waals surface area contributed by atoms with Gasteiger partial charge in [0.1, 0.15) is 0 Å². The molecule has 1 aromatic rings. The second kappa shape index (κ2) is 4.57. The quantitative estimate of drug-likeness (QED) is 0.889. The Balaban J connectivity index is 2.61. The van der Waals surface area contributed by atoms with Crippen molar-refractivity contribution in [3.63, 3.8) is 0 Å². The van der Waals surface area contributed by atoms with Gasteiger partial charge in [-0.15, -0.1) is 0 Å². The minimum atomic E-state index is -4.39. The lowest BCUT2D eigenvalue weighted by Crippen LogP contribution is -2.21. The van der Waals surface area contributed by atoms with Crippen molar-refractivity contribution in [1.29, 1.82) is 0 Å². The van der Waals surface area contributed by atoms with E-state index in [-0.39, 0.29) is 18.5 Å². The molecule has 1 atom stereocenters. The van der Waals surface area contributed by atoms with Gasteiger partial charge in [0.25, 0.3) is 0 Å². The average Bonchev–Trinajstić information content (AvgIpc) is 2.67. The van der Waals surface area contributed by atoms with Crippen molar-refractivity contribution in [1.82, 2.24) is 9.78 Å². The van der Waals surface area contributed by atoms with Crippen molar-refractivity contribution in [3.05, 3.63) is 17.0 Å². The number of nitrogens with two attached hydrogens (primary N) is 1. The normalized spacial score (nSPS) is 20.3. The molecule has 0 spiro atoms. The molecule has 1 aliphatic rings. The minimum absolute atomic E-state index is 0.0635. The van der Waals surface area contributed by atoms with Crippen molar-refractivity contribution in [2.45, 2.75) is 51.2 Å². The van der Waals surface area contributed by atoms with E-state index in [0.717, 1.165) is 18.5 Å². The van der Waals surface area contributed by atoms with Gasteiger partial charge in [-0.1, -0.05) is 0 Å². The van der Waals surface area contributed by atoms with Gasteiger partial charge in [-0.2, -0.15) is 18.3 Å². The smallest absolute Gasteiger partial charge is 0.330 e. The summed E-state index contributed by atoms with van der Waals surface area (Å²) in [7, 11) is 0. The fraction of sp³-hybridized carbons (Fsp3) is 0.750. The molecule has 1 aliphatic carbocycles. The average molecular weight is 261 g/mol. The Kier molecular flexibility index (Phi) is 3.40. The Morgan fingerprint density at radius 1 is 1.44 bits per heavy atom. The molecule has 0 aliphatic heterocycles. The van der Waals surface area contributed by atoms with Gasteiger partial charge in [-0.3, -0.25) is 4.68 Å². The highest BCUT2D eigenvalue weighted by Crippen LogP contribution is 2.41. The highest BCUT2D eigenvalue weighted by atomic mass is 19.4. The van der Waals surface area contributed by atoms with Crippen LogP contribution in [-0.4, -0.2) is 16.3 Å². The van der Waals surface area contributed by atoms with E-state index in [1.807, 2.05) is 13.8 Å². The van der Waals surface area contributed by atoms with E-state index in [2.05, 4.69) is 5.10 Å². The van der Waals surface area contributed by atoms with E-state index in [4.69, 9.17) is 5.73 Å². The molecule has 0 amide bonds. The molecule has 0 bridgehead atoms. The van der Waals surface area contributed by atoms with Crippen LogP contribution in [0.4, 0.5) is 13.2 Å². The van der Waals surface area contributed by atoms with Crippen LogP contribution < -0.4 is 5.73 Å². The molecule has 6 heteroatoms. The van der Waals surface area contributed by atoms with E-state index in [1.165, 1.54) is 4.68 Å². The fourth-order valence-corrected chi connectivity index (χ4v) is 2.69. The summed E-state index contributed by atoms with van der Waals surface area (Å²) in [6, 6.07) is -0.0635. The summed E-state index contributed by atoms with van der Waals surface area (Å²) >= 11 is 0. The molecule has 1 heterocycles. The maximum absolute atomic E-state index is 13.0. The molecular formula is C12H18F3N3. The molecule has 0 fully saturated rings. The molecule has 2 N–H and O–H groups in total. The summed E-state index contributed by atoms with van der Waals surface area (Å²) in [5.41, 5.74) is 5.94. The van der Waals surface area contributed by atoms with Gasteiger partial charge in [0, 0.05) is 23.2 Å². The monoisotopic (exact) mass is 261 g/mol. The number of aromatic nitrogens is 2. The van der Waals surface area contributed by atoms with Crippen molar-refractivity contribution >= 4 is 0 Å².